The number of fused-ring (bicyclic) bond motifs is 1. The van der Waals surface area contributed by atoms with Gasteiger partial charge in [-0.25, -0.2) is 4.98 Å². The zero-order valence-electron chi connectivity index (χ0n) is 12.0. The second kappa shape index (κ2) is 5.14. The molecule has 0 aliphatic heterocycles. The first-order valence-corrected chi connectivity index (χ1v) is 7.80. The third-order valence-corrected chi connectivity index (χ3v) is 4.55. The number of aryl methyl sites for hydroxylation is 1. The van der Waals surface area contributed by atoms with E-state index in [0.29, 0.717) is 5.89 Å². The molecule has 22 heavy (non-hydrogen) atoms. The van der Waals surface area contributed by atoms with Crippen molar-refractivity contribution in [3.63, 3.8) is 0 Å². The Morgan fingerprint density at radius 3 is 2.64 bits per heavy atom. The van der Waals surface area contributed by atoms with Crippen LogP contribution in [0, 0.1) is 6.92 Å². The summed E-state index contributed by atoms with van der Waals surface area (Å²) in [6, 6.07) is 16.1. The minimum Gasteiger partial charge on any atom is -0.436 e. The number of aromatic nitrogens is 2. The predicted molar refractivity (Wildman–Crippen MR) is 91.2 cm³/mol. The minimum absolute atomic E-state index is 0.639. The van der Waals surface area contributed by atoms with Gasteiger partial charge in [-0.15, -0.1) is 0 Å². The molecule has 3 nitrogen and oxygen atoms in total. The lowest BCUT2D eigenvalue weighted by molar-refractivity contribution is 0.619. The second-order valence-corrected chi connectivity index (χ2v) is 6.08. The zero-order chi connectivity index (χ0) is 15.1. The molecule has 0 aliphatic rings. The van der Waals surface area contributed by atoms with E-state index >= 15 is 0 Å². The van der Waals surface area contributed by atoms with Gasteiger partial charge in [-0.05, 0) is 55.0 Å². The van der Waals surface area contributed by atoms with Gasteiger partial charge in [0.15, 0.2) is 5.58 Å². The highest BCUT2D eigenvalue weighted by Crippen LogP contribution is 2.28. The van der Waals surface area contributed by atoms with Gasteiger partial charge >= 0.3 is 0 Å². The maximum atomic E-state index is 5.88. The van der Waals surface area contributed by atoms with Gasteiger partial charge in [0, 0.05) is 28.1 Å². The molecule has 4 aromatic rings. The Morgan fingerprint density at radius 2 is 1.86 bits per heavy atom. The number of hydrogen-bond acceptors (Lipinski definition) is 2. The van der Waals surface area contributed by atoms with E-state index in [-0.39, 0.29) is 0 Å². The van der Waals surface area contributed by atoms with Crippen LogP contribution in [-0.2, 0) is 0 Å². The van der Waals surface area contributed by atoms with Gasteiger partial charge in [-0.2, -0.15) is 0 Å². The highest BCUT2D eigenvalue weighted by molar-refractivity contribution is 9.10. The van der Waals surface area contributed by atoms with Crippen molar-refractivity contribution in [1.82, 2.24) is 9.55 Å². The molecular weight excluding hydrogens is 340 g/mol. The van der Waals surface area contributed by atoms with Crippen LogP contribution in [0.4, 0.5) is 0 Å². The molecule has 0 bridgehead atoms. The molecule has 0 saturated heterocycles. The van der Waals surface area contributed by atoms with Gasteiger partial charge < -0.3 is 8.98 Å². The highest BCUT2D eigenvalue weighted by Gasteiger charge is 2.10. The molecule has 2 aromatic heterocycles. The standard InChI is InChI=1S/C18H13BrN2O/c1-12-4-5-13(10-15(12)19)18-20-16-11-14(6-7-17(16)22-18)21-8-2-3-9-21/h2-11H,1H3. The van der Waals surface area contributed by atoms with Crippen LogP contribution in [0.15, 0.2) is 69.8 Å². The van der Waals surface area contributed by atoms with Crippen molar-refractivity contribution in [2.75, 3.05) is 0 Å². The van der Waals surface area contributed by atoms with Gasteiger partial charge in [0.05, 0.1) is 0 Å². The van der Waals surface area contributed by atoms with Crippen molar-refractivity contribution in [2.24, 2.45) is 0 Å². The Kier molecular flexibility index (Phi) is 3.12. The summed E-state index contributed by atoms with van der Waals surface area (Å²) in [4.78, 5) is 4.62. The van der Waals surface area contributed by atoms with Crippen LogP contribution in [0.3, 0.4) is 0 Å². The van der Waals surface area contributed by atoms with E-state index in [0.717, 1.165) is 26.8 Å². The zero-order valence-corrected chi connectivity index (χ0v) is 13.5. The third-order valence-electron chi connectivity index (χ3n) is 3.69. The first-order chi connectivity index (χ1) is 10.7. The molecule has 0 fully saturated rings. The van der Waals surface area contributed by atoms with Crippen molar-refractivity contribution in [3.8, 4) is 17.1 Å². The fourth-order valence-electron chi connectivity index (χ4n) is 2.43. The molecule has 0 radical (unpaired) electrons. The fourth-order valence-corrected chi connectivity index (χ4v) is 2.81. The number of nitrogens with zero attached hydrogens (tertiary/aromatic N) is 2. The first-order valence-electron chi connectivity index (χ1n) is 7.01. The quantitative estimate of drug-likeness (QED) is 0.486. The summed E-state index contributed by atoms with van der Waals surface area (Å²) >= 11 is 3.55. The van der Waals surface area contributed by atoms with E-state index in [9.17, 15) is 0 Å². The van der Waals surface area contributed by atoms with Crippen LogP contribution in [0.5, 0.6) is 0 Å². The first kappa shape index (κ1) is 13.3. The topological polar surface area (TPSA) is 31.0 Å². The molecule has 108 valence electrons. The Hall–Kier alpha value is -2.33. The molecule has 4 heteroatoms. The van der Waals surface area contributed by atoms with Crippen LogP contribution < -0.4 is 0 Å². The Morgan fingerprint density at radius 1 is 1.05 bits per heavy atom. The third kappa shape index (κ3) is 2.25. The van der Waals surface area contributed by atoms with Crippen LogP contribution in [0.1, 0.15) is 5.56 Å². The molecule has 0 spiro atoms. The number of rotatable bonds is 2. The van der Waals surface area contributed by atoms with E-state index < -0.39 is 0 Å². The van der Waals surface area contributed by atoms with Crippen LogP contribution in [0.25, 0.3) is 28.2 Å². The molecule has 0 aliphatic carbocycles. The van der Waals surface area contributed by atoms with Gasteiger partial charge in [0.1, 0.15) is 5.52 Å². The molecule has 0 saturated carbocycles. The summed E-state index contributed by atoms with van der Waals surface area (Å²) in [5.41, 5.74) is 4.88. The second-order valence-electron chi connectivity index (χ2n) is 5.23. The largest absolute Gasteiger partial charge is 0.436 e. The normalized spacial score (nSPS) is 11.2. The summed E-state index contributed by atoms with van der Waals surface area (Å²) < 4.78 is 8.99. The average Bonchev–Trinajstić information content (AvgIpc) is 3.17. The van der Waals surface area contributed by atoms with Crippen molar-refractivity contribution in [2.45, 2.75) is 6.92 Å². The highest BCUT2D eigenvalue weighted by atomic mass is 79.9. The smallest absolute Gasteiger partial charge is 0.227 e. The summed E-state index contributed by atoms with van der Waals surface area (Å²) in [6.07, 6.45) is 4.03. The lowest BCUT2D eigenvalue weighted by Gasteiger charge is -2.00. The number of hydrogen-bond donors (Lipinski definition) is 0. The molecule has 0 unspecified atom stereocenters. The van der Waals surface area contributed by atoms with E-state index in [1.807, 2.05) is 54.9 Å². The summed E-state index contributed by atoms with van der Waals surface area (Å²) in [7, 11) is 0. The van der Waals surface area contributed by atoms with Gasteiger partial charge in [0.25, 0.3) is 0 Å². The monoisotopic (exact) mass is 352 g/mol. The molecule has 2 aromatic carbocycles. The fraction of sp³-hybridized carbons (Fsp3) is 0.0556. The number of oxazole rings is 1. The maximum absolute atomic E-state index is 5.88. The number of benzene rings is 2. The molecule has 0 amide bonds. The summed E-state index contributed by atoms with van der Waals surface area (Å²) in [5, 5.41) is 0. The molecule has 0 N–H and O–H groups in total. The lowest BCUT2D eigenvalue weighted by atomic mass is 10.1. The maximum Gasteiger partial charge on any atom is 0.227 e. The van der Waals surface area contributed by atoms with Gasteiger partial charge in [0.2, 0.25) is 5.89 Å². The van der Waals surface area contributed by atoms with Crippen molar-refractivity contribution >= 4 is 27.0 Å². The Balaban J connectivity index is 1.81. The Bertz CT molecular complexity index is 955. The molecule has 0 atom stereocenters. The Labute approximate surface area is 136 Å². The minimum atomic E-state index is 0.639. The summed E-state index contributed by atoms with van der Waals surface area (Å²) in [6.45, 7) is 2.06. The van der Waals surface area contributed by atoms with Crippen LogP contribution in [0.2, 0.25) is 0 Å². The van der Waals surface area contributed by atoms with Crippen molar-refractivity contribution < 1.29 is 4.42 Å². The molecule has 2 heterocycles. The molecule has 4 rings (SSSR count). The number of halogens is 1. The lowest BCUT2D eigenvalue weighted by Crippen LogP contribution is -1.88. The van der Waals surface area contributed by atoms with Gasteiger partial charge in [-0.1, -0.05) is 22.0 Å². The predicted octanol–water partition coefficient (Wildman–Crippen LogP) is 5.36. The average molecular weight is 353 g/mol. The van der Waals surface area contributed by atoms with E-state index in [1.54, 1.807) is 0 Å². The van der Waals surface area contributed by atoms with Crippen LogP contribution >= 0.6 is 15.9 Å². The van der Waals surface area contributed by atoms with Gasteiger partial charge in [-0.3, -0.25) is 0 Å². The summed E-state index contributed by atoms with van der Waals surface area (Å²) in [5.74, 6) is 0.639. The SMILES string of the molecule is Cc1ccc(-c2nc3cc(-n4cccc4)ccc3o2)cc1Br. The van der Waals surface area contributed by atoms with E-state index in [4.69, 9.17) is 4.42 Å². The van der Waals surface area contributed by atoms with E-state index in [2.05, 4.69) is 38.5 Å². The molecular formula is C18H13BrN2O. The van der Waals surface area contributed by atoms with Crippen molar-refractivity contribution in [1.29, 1.82) is 0 Å². The van der Waals surface area contributed by atoms with Crippen LogP contribution in [-0.4, -0.2) is 9.55 Å². The van der Waals surface area contributed by atoms with Crippen molar-refractivity contribution in [3.05, 3.63) is 71.0 Å². The van der Waals surface area contributed by atoms with E-state index in [1.165, 1.54) is 5.56 Å².